The van der Waals surface area contributed by atoms with Crippen molar-refractivity contribution in [3.05, 3.63) is 0 Å². The molecule has 0 aliphatic rings. The molecule has 0 aliphatic carbocycles. The minimum Gasteiger partial charge on any atom is -0.389 e. The van der Waals surface area contributed by atoms with Crippen LogP contribution in [-0.2, 0) is 4.74 Å². The number of ether oxygens (including phenoxy) is 1. The largest absolute Gasteiger partial charge is 0.389 e. The maximum Gasteiger partial charge on any atom is 0.0767 e. The highest BCUT2D eigenvalue weighted by Crippen LogP contribution is 2.15. The number of aliphatic hydroxyl groups is 1. The first-order valence-corrected chi connectivity index (χ1v) is 6.84. The molecule has 0 aromatic rings. The van der Waals surface area contributed by atoms with Crippen molar-refractivity contribution >= 4 is 0 Å². The molecule has 1 unspecified atom stereocenters. The van der Waals surface area contributed by atoms with Crippen LogP contribution in [0.3, 0.4) is 0 Å². The first-order chi connectivity index (χ1) is 8.11. The molecular weight excluding hydrogens is 216 g/mol. The van der Waals surface area contributed by atoms with Crippen LogP contribution in [0, 0.1) is 0 Å². The fourth-order valence-electron chi connectivity index (χ4n) is 1.82. The van der Waals surface area contributed by atoms with Crippen molar-refractivity contribution in [2.75, 3.05) is 39.4 Å². The first-order valence-electron chi connectivity index (χ1n) is 6.84. The van der Waals surface area contributed by atoms with Gasteiger partial charge in [-0.1, -0.05) is 13.8 Å². The Morgan fingerprint density at radius 2 is 1.94 bits per heavy atom. The molecule has 3 N–H and O–H groups in total. The zero-order valence-electron chi connectivity index (χ0n) is 11.7. The third-order valence-electron chi connectivity index (χ3n) is 3.36. The molecule has 104 valence electrons. The number of hydrogen-bond acceptors (Lipinski definition) is 4. The molecule has 0 saturated heterocycles. The van der Waals surface area contributed by atoms with Gasteiger partial charge >= 0.3 is 0 Å². The fourth-order valence-corrected chi connectivity index (χ4v) is 1.82. The lowest BCUT2D eigenvalue weighted by atomic mass is 9.95. The van der Waals surface area contributed by atoms with Crippen molar-refractivity contribution in [3.8, 4) is 0 Å². The Morgan fingerprint density at radius 3 is 2.41 bits per heavy atom. The lowest BCUT2D eigenvalue weighted by Crippen LogP contribution is -2.38. The molecule has 0 radical (unpaired) electrons. The highest BCUT2D eigenvalue weighted by atomic mass is 16.5. The summed E-state index contributed by atoms with van der Waals surface area (Å²) in [6.07, 6.45) is 2.50. The Kier molecular flexibility index (Phi) is 9.74. The van der Waals surface area contributed by atoms with Crippen LogP contribution in [0.15, 0.2) is 0 Å². The van der Waals surface area contributed by atoms with Gasteiger partial charge in [0.15, 0.2) is 0 Å². The molecule has 0 heterocycles. The van der Waals surface area contributed by atoms with Crippen molar-refractivity contribution in [1.82, 2.24) is 4.90 Å². The number of nitrogens with two attached hydrogens (primary N) is 1. The Morgan fingerprint density at radius 1 is 1.24 bits per heavy atom. The van der Waals surface area contributed by atoms with Gasteiger partial charge in [0, 0.05) is 19.7 Å². The van der Waals surface area contributed by atoms with Gasteiger partial charge < -0.3 is 20.5 Å². The molecule has 0 saturated carbocycles. The monoisotopic (exact) mass is 246 g/mol. The van der Waals surface area contributed by atoms with Gasteiger partial charge in [-0.15, -0.1) is 0 Å². The van der Waals surface area contributed by atoms with Gasteiger partial charge in [0.05, 0.1) is 12.2 Å². The quantitative estimate of drug-likeness (QED) is 0.538. The smallest absolute Gasteiger partial charge is 0.0767 e. The number of rotatable bonds is 11. The van der Waals surface area contributed by atoms with Crippen molar-refractivity contribution in [3.63, 3.8) is 0 Å². The van der Waals surface area contributed by atoms with E-state index in [4.69, 9.17) is 10.5 Å². The second-order valence-corrected chi connectivity index (χ2v) is 4.52. The van der Waals surface area contributed by atoms with Crippen LogP contribution < -0.4 is 5.73 Å². The Bertz CT molecular complexity index is 173. The van der Waals surface area contributed by atoms with Crippen LogP contribution in [0.2, 0.25) is 0 Å². The molecule has 4 nitrogen and oxygen atoms in total. The highest BCUT2D eigenvalue weighted by Gasteiger charge is 2.21. The van der Waals surface area contributed by atoms with Crippen molar-refractivity contribution in [2.45, 2.75) is 45.6 Å². The Labute approximate surface area is 106 Å². The molecule has 0 spiro atoms. The molecule has 0 fully saturated rings. The van der Waals surface area contributed by atoms with E-state index in [0.717, 1.165) is 52.1 Å². The van der Waals surface area contributed by atoms with Gasteiger partial charge in [-0.25, -0.2) is 0 Å². The van der Waals surface area contributed by atoms with Gasteiger partial charge in [-0.3, -0.25) is 0 Å². The van der Waals surface area contributed by atoms with Crippen molar-refractivity contribution in [1.29, 1.82) is 0 Å². The average molecular weight is 246 g/mol. The predicted octanol–water partition coefficient (Wildman–Crippen LogP) is 1.22. The van der Waals surface area contributed by atoms with Crippen LogP contribution in [-0.4, -0.2) is 55.0 Å². The SMILES string of the molecule is CCOCCN(CC)CCCC(O)(CC)CN. The lowest BCUT2D eigenvalue weighted by molar-refractivity contribution is 0.0306. The zero-order chi connectivity index (χ0) is 13.1. The van der Waals surface area contributed by atoms with Crippen LogP contribution in [0.25, 0.3) is 0 Å². The number of hydrogen-bond donors (Lipinski definition) is 2. The molecule has 0 bridgehead atoms. The molecule has 0 aromatic heterocycles. The predicted molar refractivity (Wildman–Crippen MR) is 72.1 cm³/mol. The zero-order valence-corrected chi connectivity index (χ0v) is 11.7. The van der Waals surface area contributed by atoms with E-state index in [0.29, 0.717) is 6.54 Å². The van der Waals surface area contributed by atoms with E-state index in [1.807, 2.05) is 13.8 Å². The Balaban J connectivity index is 3.75. The lowest BCUT2D eigenvalue weighted by Gasteiger charge is -2.27. The maximum absolute atomic E-state index is 10.1. The van der Waals surface area contributed by atoms with Gasteiger partial charge in [0.25, 0.3) is 0 Å². The summed E-state index contributed by atoms with van der Waals surface area (Å²) in [7, 11) is 0. The minimum atomic E-state index is -0.667. The van der Waals surface area contributed by atoms with Crippen LogP contribution >= 0.6 is 0 Å². The van der Waals surface area contributed by atoms with E-state index in [1.54, 1.807) is 0 Å². The van der Waals surface area contributed by atoms with Gasteiger partial charge in [-0.05, 0) is 39.3 Å². The normalized spacial score (nSPS) is 15.2. The number of nitrogens with zero attached hydrogens (tertiary/aromatic N) is 1. The van der Waals surface area contributed by atoms with E-state index in [2.05, 4.69) is 11.8 Å². The highest BCUT2D eigenvalue weighted by molar-refractivity contribution is 4.77. The summed E-state index contributed by atoms with van der Waals surface area (Å²) >= 11 is 0. The van der Waals surface area contributed by atoms with Gasteiger partial charge in [-0.2, -0.15) is 0 Å². The van der Waals surface area contributed by atoms with E-state index in [-0.39, 0.29) is 0 Å². The summed E-state index contributed by atoms with van der Waals surface area (Å²) in [5.74, 6) is 0. The van der Waals surface area contributed by atoms with E-state index >= 15 is 0 Å². The summed E-state index contributed by atoms with van der Waals surface area (Å²) in [5.41, 5.74) is 4.91. The average Bonchev–Trinajstić information content (AvgIpc) is 2.36. The molecule has 17 heavy (non-hydrogen) atoms. The summed E-state index contributed by atoms with van der Waals surface area (Å²) in [4.78, 5) is 2.35. The third kappa shape index (κ3) is 7.71. The topological polar surface area (TPSA) is 58.7 Å². The number of likely N-dealkylation sites (N-methyl/N-ethyl adjacent to an activating group) is 1. The maximum atomic E-state index is 10.1. The van der Waals surface area contributed by atoms with Gasteiger partial charge in [0.2, 0.25) is 0 Å². The molecule has 0 aliphatic heterocycles. The molecular formula is C13H30N2O2. The summed E-state index contributed by atoms with van der Waals surface area (Å²) in [5, 5.41) is 10.1. The second-order valence-electron chi connectivity index (χ2n) is 4.52. The van der Waals surface area contributed by atoms with E-state index in [9.17, 15) is 5.11 Å². The summed E-state index contributed by atoms with van der Waals surface area (Å²) in [6, 6.07) is 0. The van der Waals surface area contributed by atoms with Gasteiger partial charge in [0.1, 0.15) is 0 Å². The second kappa shape index (κ2) is 9.83. The molecule has 4 heteroatoms. The molecule has 1 atom stereocenters. The summed E-state index contributed by atoms with van der Waals surface area (Å²) in [6.45, 7) is 11.1. The van der Waals surface area contributed by atoms with Crippen LogP contribution in [0.1, 0.15) is 40.0 Å². The molecule has 0 rings (SSSR count). The van der Waals surface area contributed by atoms with Crippen molar-refractivity contribution < 1.29 is 9.84 Å². The fraction of sp³-hybridized carbons (Fsp3) is 1.00. The molecule has 0 amide bonds. The van der Waals surface area contributed by atoms with E-state index in [1.165, 1.54) is 0 Å². The first kappa shape index (κ1) is 16.8. The standard InChI is InChI=1S/C13H30N2O2/c1-4-13(16,12-14)8-7-9-15(5-2)10-11-17-6-3/h16H,4-12,14H2,1-3H3. The van der Waals surface area contributed by atoms with E-state index < -0.39 is 5.60 Å². The molecule has 0 aromatic carbocycles. The summed E-state index contributed by atoms with van der Waals surface area (Å²) < 4.78 is 5.34. The Hall–Kier alpha value is -0.160. The minimum absolute atomic E-state index is 0.356. The van der Waals surface area contributed by atoms with Crippen LogP contribution in [0.5, 0.6) is 0 Å². The van der Waals surface area contributed by atoms with Crippen molar-refractivity contribution in [2.24, 2.45) is 5.73 Å². The van der Waals surface area contributed by atoms with Crippen LogP contribution in [0.4, 0.5) is 0 Å². The third-order valence-corrected chi connectivity index (χ3v) is 3.36.